The van der Waals surface area contributed by atoms with Gasteiger partial charge in [0.1, 0.15) is 17.4 Å². The second-order valence-electron chi connectivity index (χ2n) is 5.15. The van der Waals surface area contributed by atoms with Crippen LogP contribution in [-0.4, -0.2) is 23.4 Å². The number of hydrogen-bond donors (Lipinski definition) is 1. The fourth-order valence-electron chi connectivity index (χ4n) is 2.25. The van der Waals surface area contributed by atoms with E-state index in [1.165, 1.54) is 17.0 Å². The van der Waals surface area contributed by atoms with Gasteiger partial charge in [-0.15, -0.1) is 0 Å². The average Bonchev–Trinajstić information content (AvgIpc) is 2.36. The first-order valence-electron chi connectivity index (χ1n) is 6.40. The molecule has 6 heteroatoms. The number of hydrogen-bond acceptors (Lipinski definition) is 2. The maximum absolute atomic E-state index is 13.5. The van der Waals surface area contributed by atoms with E-state index in [9.17, 15) is 14.0 Å². The molecule has 1 fully saturated rings. The molecule has 0 radical (unpaired) electrons. The van der Waals surface area contributed by atoms with E-state index in [-0.39, 0.29) is 16.8 Å². The number of anilines is 1. The highest BCUT2D eigenvalue weighted by atomic mass is 35.5. The van der Waals surface area contributed by atoms with Crippen molar-refractivity contribution >= 4 is 29.1 Å². The summed E-state index contributed by atoms with van der Waals surface area (Å²) in [6.45, 7) is 5.07. The molecule has 20 heavy (non-hydrogen) atoms. The molecule has 0 bridgehead atoms. The Bertz CT molecular complexity index is 558. The molecule has 0 aliphatic carbocycles. The molecule has 1 aliphatic heterocycles. The zero-order valence-electron chi connectivity index (χ0n) is 11.5. The van der Waals surface area contributed by atoms with Gasteiger partial charge in [-0.1, -0.05) is 18.5 Å². The van der Waals surface area contributed by atoms with Crippen molar-refractivity contribution < 1.29 is 14.0 Å². The van der Waals surface area contributed by atoms with Crippen LogP contribution in [0, 0.1) is 5.82 Å². The van der Waals surface area contributed by atoms with Crippen molar-refractivity contribution in [1.82, 2.24) is 5.32 Å². The molecule has 2 unspecified atom stereocenters. The predicted octanol–water partition coefficient (Wildman–Crippen LogP) is 2.50. The van der Waals surface area contributed by atoms with Crippen LogP contribution in [0.5, 0.6) is 0 Å². The van der Waals surface area contributed by atoms with Crippen LogP contribution in [0.3, 0.4) is 0 Å². The maximum Gasteiger partial charge on any atom is 0.253 e. The van der Waals surface area contributed by atoms with Gasteiger partial charge in [0.15, 0.2) is 0 Å². The number of amides is 2. The molecule has 4 nitrogen and oxygen atoms in total. The number of halogens is 2. The molecule has 1 aromatic carbocycles. The van der Waals surface area contributed by atoms with E-state index >= 15 is 0 Å². The number of rotatable bonds is 2. The Morgan fingerprint density at radius 3 is 2.60 bits per heavy atom. The third-order valence-corrected chi connectivity index (χ3v) is 3.91. The summed E-state index contributed by atoms with van der Waals surface area (Å²) < 4.78 is 13.5. The van der Waals surface area contributed by atoms with Crippen LogP contribution in [-0.2, 0) is 9.59 Å². The Morgan fingerprint density at radius 2 is 2.05 bits per heavy atom. The van der Waals surface area contributed by atoms with Crippen molar-refractivity contribution in [3.8, 4) is 0 Å². The third-order valence-electron chi connectivity index (χ3n) is 3.69. The Morgan fingerprint density at radius 1 is 1.40 bits per heavy atom. The number of nitrogens with one attached hydrogen (secondary N) is 1. The average molecular weight is 299 g/mol. The molecule has 2 rings (SSSR count). The summed E-state index contributed by atoms with van der Waals surface area (Å²) in [4.78, 5) is 25.9. The fourth-order valence-corrected chi connectivity index (χ4v) is 2.46. The molecule has 108 valence electrons. The summed E-state index contributed by atoms with van der Waals surface area (Å²) in [6, 6.07) is 3.13. The minimum Gasteiger partial charge on any atom is -0.340 e. The zero-order valence-corrected chi connectivity index (χ0v) is 12.3. The highest BCUT2D eigenvalue weighted by Crippen LogP contribution is 2.29. The van der Waals surface area contributed by atoms with Crippen LogP contribution in [0.2, 0.25) is 5.02 Å². The Balaban J connectivity index is 2.51. The summed E-state index contributed by atoms with van der Waals surface area (Å²) in [6.07, 6.45) is 0.448. The van der Waals surface area contributed by atoms with Crippen LogP contribution in [0.4, 0.5) is 10.1 Å². The molecule has 2 atom stereocenters. The zero-order chi connectivity index (χ0) is 15.1. The van der Waals surface area contributed by atoms with Crippen molar-refractivity contribution in [2.45, 2.75) is 38.8 Å². The van der Waals surface area contributed by atoms with E-state index in [0.29, 0.717) is 12.1 Å². The van der Waals surface area contributed by atoms with E-state index in [1.54, 1.807) is 13.8 Å². The smallest absolute Gasteiger partial charge is 0.253 e. The standard InChI is InChI=1S/C14H16ClFN2O2/c1-4-14(3)13(20)18(8(2)12(19)17-14)11-6-9(15)5-10(16)7-11/h5-8H,4H2,1-3H3,(H,17,19). The van der Waals surface area contributed by atoms with Gasteiger partial charge < -0.3 is 5.32 Å². The van der Waals surface area contributed by atoms with Crippen molar-refractivity contribution in [2.24, 2.45) is 0 Å². The number of carbonyl (C=O) groups excluding carboxylic acids is 2. The molecule has 1 aromatic rings. The summed E-state index contributed by atoms with van der Waals surface area (Å²) in [5.74, 6) is -1.08. The summed E-state index contributed by atoms with van der Waals surface area (Å²) >= 11 is 5.83. The number of benzene rings is 1. The van der Waals surface area contributed by atoms with Crippen molar-refractivity contribution in [3.05, 3.63) is 29.0 Å². The van der Waals surface area contributed by atoms with Gasteiger partial charge in [0.25, 0.3) is 5.91 Å². The van der Waals surface area contributed by atoms with Crippen LogP contribution in [0.1, 0.15) is 27.2 Å². The lowest BCUT2D eigenvalue weighted by atomic mass is 9.92. The molecule has 0 spiro atoms. The predicted molar refractivity (Wildman–Crippen MR) is 75.2 cm³/mol. The van der Waals surface area contributed by atoms with Gasteiger partial charge >= 0.3 is 0 Å². The monoisotopic (exact) mass is 298 g/mol. The topological polar surface area (TPSA) is 49.4 Å². The second-order valence-corrected chi connectivity index (χ2v) is 5.59. The highest BCUT2D eigenvalue weighted by molar-refractivity contribution is 6.31. The van der Waals surface area contributed by atoms with Gasteiger partial charge in [0, 0.05) is 10.7 Å². The molecular weight excluding hydrogens is 283 g/mol. The second kappa shape index (κ2) is 5.05. The lowest BCUT2D eigenvalue weighted by molar-refractivity contribution is -0.137. The van der Waals surface area contributed by atoms with Gasteiger partial charge in [0.2, 0.25) is 5.91 Å². The van der Waals surface area contributed by atoms with Crippen LogP contribution >= 0.6 is 11.6 Å². The SMILES string of the molecule is CCC1(C)NC(=O)C(C)N(c2cc(F)cc(Cl)c2)C1=O. The molecule has 1 aliphatic rings. The van der Waals surface area contributed by atoms with Crippen LogP contribution in [0.15, 0.2) is 18.2 Å². The Labute approximate surface area is 121 Å². The Kier molecular flexibility index (Phi) is 3.73. The number of carbonyl (C=O) groups is 2. The van der Waals surface area contributed by atoms with Crippen molar-refractivity contribution in [1.29, 1.82) is 0 Å². The molecule has 2 amide bonds. The van der Waals surface area contributed by atoms with Crippen molar-refractivity contribution in [3.63, 3.8) is 0 Å². The quantitative estimate of drug-likeness (QED) is 0.912. The van der Waals surface area contributed by atoms with E-state index < -0.39 is 17.4 Å². The minimum absolute atomic E-state index is 0.184. The number of nitrogens with zero attached hydrogens (tertiary/aromatic N) is 1. The van der Waals surface area contributed by atoms with E-state index in [2.05, 4.69) is 5.32 Å². The van der Waals surface area contributed by atoms with E-state index in [4.69, 9.17) is 11.6 Å². The highest BCUT2D eigenvalue weighted by Gasteiger charge is 2.46. The fraction of sp³-hybridized carbons (Fsp3) is 0.429. The number of piperazine rings is 1. The Hall–Kier alpha value is -1.62. The van der Waals surface area contributed by atoms with Gasteiger partial charge in [-0.05, 0) is 38.5 Å². The molecule has 1 saturated heterocycles. The maximum atomic E-state index is 13.5. The molecule has 1 heterocycles. The van der Waals surface area contributed by atoms with E-state index in [1.807, 2.05) is 6.92 Å². The normalized spacial score (nSPS) is 26.6. The first-order valence-corrected chi connectivity index (χ1v) is 6.78. The third kappa shape index (κ3) is 2.38. The van der Waals surface area contributed by atoms with Crippen molar-refractivity contribution in [2.75, 3.05) is 4.90 Å². The van der Waals surface area contributed by atoms with Gasteiger partial charge in [-0.3, -0.25) is 14.5 Å². The first kappa shape index (κ1) is 14.8. The van der Waals surface area contributed by atoms with Gasteiger partial charge in [0.05, 0.1) is 0 Å². The van der Waals surface area contributed by atoms with Crippen LogP contribution < -0.4 is 10.2 Å². The lowest BCUT2D eigenvalue weighted by Crippen LogP contribution is -2.68. The van der Waals surface area contributed by atoms with Crippen LogP contribution in [0.25, 0.3) is 0 Å². The lowest BCUT2D eigenvalue weighted by Gasteiger charge is -2.43. The van der Waals surface area contributed by atoms with Gasteiger partial charge in [-0.2, -0.15) is 0 Å². The summed E-state index contributed by atoms with van der Waals surface area (Å²) in [7, 11) is 0. The molecular formula is C14H16ClFN2O2. The molecule has 0 aromatic heterocycles. The van der Waals surface area contributed by atoms with Gasteiger partial charge in [-0.25, -0.2) is 4.39 Å². The summed E-state index contributed by atoms with van der Waals surface area (Å²) in [5.41, 5.74) is -0.690. The van der Waals surface area contributed by atoms with E-state index in [0.717, 1.165) is 6.07 Å². The minimum atomic E-state index is -0.984. The molecule has 0 saturated carbocycles. The first-order chi connectivity index (χ1) is 9.28. The largest absolute Gasteiger partial charge is 0.340 e. The summed E-state index contributed by atoms with van der Waals surface area (Å²) in [5, 5.41) is 2.90. The molecule has 1 N–H and O–H groups in total.